The number of ether oxygens (including phenoxy) is 4. The Kier molecular flexibility index (Phi) is 17.8. The fraction of sp³-hybridized carbons (Fsp3) is 0.622. The summed E-state index contributed by atoms with van der Waals surface area (Å²) in [5.74, 6) is -0.915. The van der Waals surface area contributed by atoms with Gasteiger partial charge in [0.05, 0.1) is 26.3 Å². The van der Waals surface area contributed by atoms with Gasteiger partial charge in [0.25, 0.3) is 0 Å². The molecule has 2 heterocycles. The van der Waals surface area contributed by atoms with Gasteiger partial charge in [0.1, 0.15) is 48.8 Å². The van der Waals surface area contributed by atoms with Crippen LogP contribution in [0.2, 0.25) is 0 Å². The third kappa shape index (κ3) is 12.8. The number of aromatic hydroxyl groups is 2. The monoisotopic (exact) mass is 798 g/mol. The van der Waals surface area contributed by atoms with Crippen LogP contribution in [0.3, 0.4) is 0 Å². The van der Waals surface area contributed by atoms with Gasteiger partial charge in [0.15, 0.2) is 23.0 Å². The Labute approximate surface area is 323 Å². The summed E-state index contributed by atoms with van der Waals surface area (Å²) in [5.41, 5.74) is 1.33. The van der Waals surface area contributed by atoms with Crippen molar-refractivity contribution in [2.24, 2.45) is 0 Å². The summed E-state index contributed by atoms with van der Waals surface area (Å²) in [4.78, 5) is 24.6. The van der Waals surface area contributed by atoms with Crippen LogP contribution in [-0.2, 0) is 31.9 Å². The first kappa shape index (κ1) is 44.8. The van der Waals surface area contributed by atoms with Crippen molar-refractivity contribution < 1.29 is 84.9 Å². The van der Waals surface area contributed by atoms with Crippen LogP contribution in [0.5, 0.6) is 23.0 Å². The van der Waals surface area contributed by atoms with Gasteiger partial charge in [0, 0.05) is 32.4 Å². The third-order valence-corrected chi connectivity index (χ3v) is 9.58. The molecule has 2 amide bonds. The molecule has 0 saturated carbocycles. The lowest BCUT2D eigenvalue weighted by molar-refractivity contribution is -0.655. The van der Waals surface area contributed by atoms with Crippen molar-refractivity contribution in [2.45, 2.75) is 106 Å². The van der Waals surface area contributed by atoms with Crippen LogP contribution in [0.15, 0.2) is 36.4 Å². The standard InChI is InChI=1S/C37H55N3O16/c41-18-26-30(47)32(49)34(51)36(55-26)53-24-8-4-20(16-22(24)43)6-10-28(45)39-14-2-1-12-38-13-3-15-40-29(46)11-7-21-5-9-25(23(44)17-21)54-37-35(52)33(50)31(48)27(19-42)56-37/h4-5,8-9,16-17,26-27,30-38,41-44,47-52H,1-3,6-7,10-15,18-19H2,(H,39,45)(H,40,46)/p+1/t26-,27-,30-,31-,32+,33+,34-,35-,36-,37-/m1/s1. The van der Waals surface area contributed by atoms with Gasteiger partial charge in [-0.3, -0.25) is 9.59 Å². The number of aliphatic hydroxyl groups excluding tert-OH is 8. The molecule has 0 aromatic heterocycles. The molecule has 2 aliphatic heterocycles. The Morgan fingerprint density at radius 3 is 1.46 bits per heavy atom. The van der Waals surface area contributed by atoms with Crippen LogP contribution in [-0.4, -0.2) is 164 Å². The first-order valence-electron chi connectivity index (χ1n) is 18.8. The SMILES string of the molecule is O=C(CCc1ccc(O[C@@H]2O[C@H](CO)[C@@H](O)[C@H](O)[C@H]2O)c(O)c1)NCCCC[NH2+]CCCNC(=O)CCc1ccc(O[C@@H]2O[C@H](CO)[C@@H](O)[C@H](O)[C@H]2O)c(O)c1. The van der Waals surface area contributed by atoms with E-state index >= 15 is 0 Å². The topological polar surface area (TPSA) is 314 Å². The number of aliphatic hydroxyl groups is 8. The number of unbranched alkanes of at least 4 members (excludes halogenated alkanes) is 1. The van der Waals surface area contributed by atoms with E-state index in [0.717, 1.165) is 32.4 Å². The molecule has 14 N–H and O–H groups in total. The highest BCUT2D eigenvalue weighted by atomic mass is 16.7. The number of nitrogens with one attached hydrogen (secondary N) is 2. The number of nitrogens with two attached hydrogens (primary N) is 1. The maximum absolute atomic E-state index is 12.3. The Balaban J connectivity index is 1.00. The molecule has 2 fully saturated rings. The molecule has 0 unspecified atom stereocenters. The van der Waals surface area contributed by atoms with Gasteiger partial charge < -0.3 is 86.0 Å². The van der Waals surface area contributed by atoms with E-state index in [9.17, 15) is 60.7 Å². The molecule has 2 aromatic rings. The molecule has 56 heavy (non-hydrogen) atoms. The van der Waals surface area contributed by atoms with Gasteiger partial charge in [-0.25, -0.2) is 0 Å². The number of rotatable bonds is 21. The summed E-state index contributed by atoms with van der Waals surface area (Å²) >= 11 is 0. The number of amides is 2. The lowest BCUT2D eigenvalue weighted by Crippen LogP contribution is -2.84. The minimum absolute atomic E-state index is 0.0455. The molecule has 19 heteroatoms. The highest BCUT2D eigenvalue weighted by Crippen LogP contribution is 2.33. The number of hydrogen-bond donors (Lipinski definition) is 13. The largest absolute Gasteiger partial charge is 0.504 e. The second-order valence-electron chi connectivity index (χ2n) is 13.9. The maximum Gasteiger partial charge on any atom is 0.229 e. The van der Waals surface area contributed by atoms with E-state index in [1.54, 1.807) is 12.1 Å². The number of carbonyl (C=O) groups is 2. The average molecular weight is 799 g/mol. The van der Waals surface area contributed by atoms with Crippen molar-refractivity contribution >= 4 is 11.8 Å². The van der Waals surface area contributed by atoms with Gasteiger partial charge in [-0.2, -0.15) is 0 Å². The molecule has 0 radical (unpaired) electrons. The predicted molar refractivity (Wildman–Crippen MR) is 193 cm³/mol. The second-order valence-corrected chi connectivity index (χ2v) is 13.9. The van der Waals surface area contributed by atoms with E-state index in [2.05, 4.69) is 16.0 Å². The second kappa shape index (κ2) is 22.2. The molecule has 2 aromatic carbocycles. The normalized spacial score (nSPS) is 27.7. The fourth-order valence-electron chi connectivity index (χ4n) is 6.17. The van der Waals surface area contributed by atoms with E-state index in [1.807, 2.05) is 0 Å². The van der Waals surface area contributed by atoms with Gasteiger partial charge in [-0.05, 0) is 61.1 Å². The van der Waals surface area contributed by atoms with Gasteiger partial charge in [-0.1, -0.05) is 12.1 Å². The predicted octanol–water partition coefficient (Wildman–Crippen LogP) is -4.01. The number of benzene rings is 2. The molecule has 0 bridgehead atoms. The first-order valence-corrected chi connectivity index (χ1v) is 18.8. The van der Waals surface area contributed by atoms with Crippen LogP contribution >= 0.6 is 0 Å². The maximum atomic E-state index is 12.3. The minimum Gasteiger partial charge on any atom is -0.504 e. The van der Waals surface area contributed by atoms with E-state index in [4.69, 9.17) is 18.9 Å². The molecular weight excluding hydrogens is 742 g/mol. The number of phenols is 2. The molecule has 0 spiro atoms. The van der Waals surface area contributed by atoms with Gasteiger partial charge >= 0.3 is 0 Å². The quantitative estimate of drug-likeness (QED) is 0.0535. The summed E-state index contributed by atoms with van der Waals surface area (Å²) in [5, 5.41) is 107. The minimum atomic E-state index is -1.62. The Hall–Kier alpha value is -3.86. The van der Waals surface area contributed by atoms with E-state index < -0.39 is 74.6 Å². The zero-order valence-electron chi connectivity index (χ0n) is 30.9. The molecule has 314 valence electrons. The van der Waals surface area contributed by atoms with E-state index in [-0.39, 0.29) is 47.7 Å². The van der Waals surface area contributed by atoms with Gasteiger partial charge in [0.2, 0.25) is 24.4 Å². The van der Waals surface area contributed by atoms with Gasteiger partial charge in [-0.15, -0.1) is 0 Å². The average Bonchev–Trinajstić information content (AvgIpc) is 3.18. The first-order chi connectivity index (χ1) is 26.8. The van der Waals surface area contributed by atoms with Crippen molar-refractivity contribution in [3.63, 3.8) is 0 Å². The number of quaternary nitrogens is 1. The lowest BCUT2D eigenvalue weighted by atomic mass is 9.99. The highest BCUT2D eigenvalue weighted by molar-refractivity contribution is 5.76. The molecule has 0 aliphatic carbocycles. The molecule has 10 atom stereocenters. The van der Waals surface area contributed by atoms with Crippen molar-refractivity contribution in [1.82, 2.24) is 10.6 Å². The van der Waals surface area contributed by atoms with Crippen LogP contribution < -0.4 is 25.4 Å². The Morgan fingerprint density at radius 2 is 1.04 bits per heavy atom. The number of phenolic OH excluding ortho intramolecular Hbond substituents is 2. The van der Waals surface area contributed by atoms with Crippen LogP contribution in [0, 0.1) is 0 Å². The summed E-state index contributed by atoms with van der Waals surface area (Å²) in [7, 11) is 0. The van der Waals surface area contributed by atoms with E-state index in [0.29, 0.717) is 37.1 Å². The third-order valence-electron chi connectivity index (χ3n) is 9.58. The Morgan fingerprint density at radius 1 is 0.607 bits per heavy atom. The van der Waals surface area contributed by atoms with Crippen molar-refractivity contribution in [3.05, 3.63) is 47.5 Å². The summed E-state index contributed by atoms with van der Waals surface area (Å²) in [6, 6.07) is 8.97. The smallest absolute Gasteiger partial charge is 0.229 e. The van der Waals surface area contributed by atoms with Crippen molar-refractivity contribution in [3.8, 4) is 23.0 Å². The van der Waals surface area contributed by atoms with Crippen LogP contribution in [0.1, 0.15) is 43.2 Å². The molecule has 2 aliphatic rings. The molecular formula is C37H56N3O16+. The van der Waals surface area contributed by atoms with E-state index in [1.165, 1.54) is 24.3 Å². The van der Waals surface area contributed by atoms with Crippen molar-refractivity contribution in [2.75, 3.05) is 39.4 Å². The summed E-state index contributed by atoms with van der Waals surface area (Å²) < 4.78 is 21.5. The number of aryl methyl sites for hydroxylation is 2. The summed E-state index contributed by atoms with van der Waals surface area (Å²) in [6.07, 6.45) is -11.2. The highest BCUT2D eigenvalue weighted by Gasteiger charge is 2.46. The lowest BCUT2D eigenvalue weighted by Gasteiger charge is -2.39. The van der Waals surface area contributed by atoms with Crippen LogP contribution in [0.4, 0.5) is 0 Å². The summed E-state index contributed by atoms with van der Waals surface area (Å²) in [6.45, 7) is 1.48. The number of hydrogen-bond acceptors (Lipinski definition) is 16. The molecule has 2 saturated heterocycles. The number of carbonyl (C=O) groups excluding carboxylic acids is 2. The van der Waals surface area contributed by atoms with Crippen molar-refractivity contribution in [1.29, 1.82) is 0 Å². The fourth-order valence-corrected chi connectivity index (χ4v) is 6.17. The zero-order valence-corrected chi connectivity index (χ0v) is 30.9. The molecule has 19 nitrogen and oxygen atoms in total. The Bertz CT molecular complexity index is 1420. The van der Waals surface area contributed by atoms with Crippen LogP contribution in [0.25, 0.3) is 0 Å². The zero-order chi connectivity index (χ0) is 40.8. The molecule has 4 rings (SSSR count).